The first-order valence-electron chi connectivity index (χ1n) is 3.58. The molecule has 0 saturated heterocycles. The van der Waals surface area contributed by atoms with E-state index in [2.05, 4.69) is 36.8 Å². The van der Waals surface area contributed by atoms with E-state index in [1.807, 2.05) is 0 Å². The van der Waals surface area contributed by atoms with Gasteiger partial charge in [-0.15, -0.1) is 5.73 Å². The maximum Gasteiger partial charge on any atom is 0.0391 e. The quantitative estimate of drug-likeness (QED) is 0.437. The summed E-state index contributed by atoms with van der Waals surface area (Å²) in [7, 11) is 0. The van der Waals surface area contributed by atoms with Gasteiger partial charge in [0.1, 0.15) is 0 Å². The molecule has 0 radical (unpaired) electrons. The molecule has 0 spiro atoms. The number of rotatable bonds is 5. The number of hydrogen-bond donors (Lipinski definition) is 2. The molecule has 0 unspecified atom stereocenters. The fraction of sp³-hybridized carbons (Fsp3) is 0.625. The summed E-state index contributed by atoms with van der Waals surface area (Å²) in [6.07, 6.45) is 1.72. The lowest BCUT2D eigenvalue weighted by atomic mass is 10.4. The molecule has 10 heavy (non-hydrogen) atoms. The molecule has 0 fully saturated rings. The van der Waals surface area contributed by atoms with Gasteiger partial charge < -0.3 is 10.6 Å². The molecule has 0 aliphatic carbocycles. The van der Waals surface area contributed by atoms with Crippen LogP contribution in [-0.4, -0.2) is 19.1 Å². The Kier molecular flexibility index (Phi) is 5.94. The van der Waals surface area contributed by atoms with E-state index >= 15 is 0 Å². The molecule has 0 aromatic heterocycles. The zero-order valence-corrected chi connectivity index (χ0v) is 6.78. The van der Waals surface area contributed by atoms with E-state index in [0.717, 1.165) is 13.1 Å². The lowest BCUT2D eigenvalue weighted by Crippen LogP contribution is -2.29. The zero-order chi connectivity index (χ0) is 7.82. The van der Waals surface area contributed by atoms with Crippen molar-refractivity contribution in [2.75, 3.05) is 13.1 Å². The molecule has 0 aliphatic heterocycles. The summed E-state index contributed by atoms with van der Waals surface area (Å²) in [6, 6.07) is 0.564. The van der Waals surface area contributed by atoms with Crippen molar-refractivity contribution in [2.45, 2.75) is 19.9 Å². The minimum absolute atomic E-state index is 0.564. The molecular formula is C8H16N2. The first-order chi connectivity index (χ1) is 4.77. The molecule has 0 heterocycles. The van der Waals surface area contributed by atoms with Crippen molar-refractivity contribution in [1.29, 1.82) is 0 Å². The van der Waals surface area contributed by atoms with E-state index in [9.17, 15) is 0 Å². The van der Waals surface area contributed by atoms with E-state index in [0.29, 0.717) is 6.04 Å². The predicted molar refractivity (Wildman–Crippen MR) is 44.9 cm³/mol. The van der Waals surface area contributed by atoms with E-state index in [-0.39, 0.29) is 0 Å². The second kappa shape index (κ2) is 6.40. The third-order valence-corrected chi connectivity index (χ3v) is 1.03. The minimum atomic E-state index is 0.564. The highest BCUT2D eigenvalue weighted by atomic mass is 14.9. The molecular weight excluding hydrogens is 124 g/mol. The van der Waals surface area contributed by atoms with Crippen LogP contribution in [0.1, 0.15) is 13.8 Å². The Labute approximate surface area is 63.0 Å². The fourth-order valence-electron chi connectivity index (χ4n) is 0.577. The van der Waals surface area contributed by atoms with Crippen molar-refractivity contribution < 1.29 is 0 Å². The van der Waals surface area contributed by atoms with E-state index < -0.39 is 0 Å². The third-order valence-electron chi connectivity index (χ3n) is 1.03. The van der Waals surface area contributed by atoms with Crippen molar-refractivity contribution in [3.8, 4) is 0 Å². The summed E-state index contributed by atoms with van der Waals surface area (Å²) < 4.78 is 0. The molecule has 0 rings (SSSR count). The monoisotopic (exact) mass is 140 g/mol. The number of hydrogen-bond acceptors (Lipinski definition) is 2. The van der Waals surface area contributed by atoms with Gasteiger partial charge in [-0.3, -0.25) is 0 Å². The molecule has 58 valence electrons. The summed E-state index contributed by atoms with van der Waals surface area (Å²) in [5, 5.41) is 6.30. The van der Waals surface area contributed by atoms with Gasteiger partial charge in [-0.1, -0.05) is 20.4 Å². The SMILES string of the molecule is C=C=CNCCNC(C)C. The predicted octanol–water partition coefficient (Wildman–Crippen LogP) is 0.873. The maximum atomic E-state index is 3.43. The van der Waals surface area contributed by atoms with Crippen molar-refractivity contribution in [2.24, 2.45) is 0 Å². The van der Waals surface area contributed by atoms with E-state index in [4.69, 9.17) is 0 Å². The Hall–Kier alpha value is -0.720. The Morgan fingerprint density at radius 3 is 2.70 bits per heavy atom. The van der Waals surface area contributed by atoms with Gasteiger partial charge in [0.25, 0.3) is 0 Å². The van der Waals surface area contributed by atoms with Crippen molar-refractivity contribution >= 4 is 0 Å². The van der Waals surface area contributed by atoms with Crippen LogP contribution >= 0.6 is 0 Å². The Morgan fingerprint density at radius 1 is 1.50 bits per heavy atom. The fourth-order valence-corrected chi connectivity index (χ4v) is 0.577. The summed E-state index contributed by atoms with van der Waals surface area (Å²) in [5.41, 5.74) is 2.64. The van der Waals surface area contributed by atoms with Crippen LogP contribution in [0.4, 0.5) is 0 Å². The standard InChI is InChI=1S/C8H16N2/c1-4-5-9-6-7-10-8(2)3/h5,8-10H,1,6-7H2,2-3H3. The maximum absolute atomic E-state index is 3.43. The summed E-state index contributed by atoms with van der Waals surface area (Å²) in [5.74, 6) is 0. The average Bonchev–Trinajstić information content (AvgIpc) is 1.87. The molecule has 0 aromatic carbocycles. The molecule has 0 aliphatic rings. The second-order valence-corrected chi connectivity index (χ2v) is 2.41. The van der Waals surface area contributed by atoms with Crippen LogP contribution in [0.2, 0.25) is 0 Å². The molecule has 0 aromatic rings. The molecule has 2 heteroatoms. The van der Waals surface area contributed by atoms with Gasteiger partial charge >= 0.3 is 0 Å². The normalized spacial score (nSPS) is 9.10. The van der Waals surface area contributed by atoms with Crippen LogP contribution in [0, 0.1) is 0 Å². The molecule has 2 nitrogen and oxygen atoms in total. The van der Waals surface area contributed by atoms with Gasteiger partial charge in [-0.2, -0.15) is 0 Å². The summed E-state index contributed by atoms with van der Waals surface area (Å²) in [4.78, 5) is 0. The molecule has 0 atom stereocenters. The van der Waals surface area contributed by atoms with Crippen molar-refractivity contribution in [1.82, 2.24) is 10.6 Å². The number of nitrogens with one attached hydrogen (secondary N) is 2. The largest absolute Gasteiger partial charge is 0.383 e. The minimum Gasteiger partial charge on any atom is -0.383 e. The van der Waals surface area contributed by atoms with Crippen LogP contribution in [0.3, 0.4) is 0 Å². The summed E-state index contributed by atoms with van der Waals surface area (Å²) >= 11 is 0. The zero-order valence-electron chi connectivity index (χ0n) is 6.78. The topological polar surface area (TPSA) is 24.1 Å². The molecule has 0 saturated carbocycles. The molecule has 0 amide bonds. The van der Waals surface area contributed by atoms with Crippen molar-refractivity contribution in [3.63, 3.8) is 0 Å². The second-order valence-electron chi connectivity index (χ2n) is 2.41. The van der Waals surface area contributed by atoms with Gasteiger partial charge in [0.15, 0.2) is 0 Å². The first kappa shape index (κ1) is 9.28. The van der Waals surface area contributed by atoms with Crippen LogP contribution in [0.5, 0.6) is 0 Å². The van der Waals surface area contributed by atoms with Crippen LogP contribution in [-0.2, 0) is 0 Å². The Morgan fingerprint density at radius 2 is 2.20 bits per heavy atom. The van der Waals surface area contributed by atoms with Gasteiger partial charge in [0, 0.05) is 25.3 Å². The van der Waals surface area contributed by atoms with Crippen LogP contribution in [0.15, 0.2) is 18.5 Å². The smallest absolute Gasteiger partial charge is 0.0391 e. The lowest BCUT2D eigenvalue weighted by molar-refractivity contribution is 0.580. The highest BCUT2D eigenvalue weighted by Gasteiger charge is 1.87. The Bertz CT molecular complexity index is 112. The first-order valence-corrected chi connectivity index (χ1v) is 3.58. The third kappa shape index (κ3) is 7.28. The average molecular weight is 140 g/mol. The van der Waals surface area contributed by atoms with Crippen LogP contribution < -0.4 is 10.6 Å². The van der Waals surface area contributed by atoms with Gasteiger partial charge in [-0.05, 0) is 0 Å². The van der Waals surface area contributed by atoms with Gasteiger partial charge in [-0.25, -0.2) is 0 Å². The van der Waals surface area contributed by atoms with Gasteiger partial charge in [0.05, 0.1) is 0 Å². The highest BCUT2D eigenvalue weighted by Crippen LogP contribution is 1.72. The van der Waals surface area contributed by atoms with E-state index in [1.54, 1.807) is 6.20 Å². The highest BCUT2D eigenvalue weighted by molar-refractivity contribution is 4.72. The van der Waals surface area contributed by atoms with E-state index in [1.165, 1.54) is 0 Å². The summed E-state index contributed by atoms with van der Waals surface area (Å²) in [6.45, 7) is 9.60. The molecule has 0 bridgehead atoms. The lowest BCUT2D eigenvalue weighted by Gasteiger charge is -2.06. The molecule has 2 N–H and O–H groups in total. The Balaban J connectivity index is 2.98. The van der Waals surface area contributed by atoms with Gasteiger partial charge in [0.2, 0.25) is 0 Å². The van der Waals surface area contributed by atoms with Crippen molar-refractivity contribution in [3.05, 3.63) is 18.5 Å². The van der Waals surface area contributed by atoms with Crippen LogP contribution in [0.25, 0.3) is 0 Å².